The van der Waals surface area contributed by atoms with Crippen LogP contribution in [0.1, 0.15) is 22.3 Å². The maximum absolute atomic E-state index is 13.9. The highest BCUT2D eigenvalue weighted by molar-refractivity contribution is 6.43. The number of Topliss-reactive ketones (excluding diaryl/α,β-unsaturated/α-hetero) is 1. The summed E-state index contributed by atoms with van der Waals surface area (Å²) in [5.74, 6) is -3.83. The van der Waals surface area contributed by atoms with Gasteiger partial charge < -0.3 is 14.4 Å². The molecular formula is C22H12F7NO4. The third-order valence-electron chi connectivity index (χ3n) is 5.27. The molecule has 0 saturated carbocycles. The van der Waals surface area contributed by atoms with E-state index in [0.29, 0.717) is 12.1 Å². The van der Waals surface area contributed by atoms with Gasteiger partial charge in [-0.25, -0.2) is 9.18 Å². The number of nitrogens with zero attached hydrogens (tertiary/aromatic N) is 1. The Balaban J connectivity index is 1.87. The van der Waals surface area contributed by atoms with Crippen LogP contribution in [0.3, 0.4) is 0 Å². The lowest BCUT2D eigenvalue weighted by Crippen LogP contribution is -2.15. The molecule has 1 aliphatic rings. The van der Waals surface area contributed by atoms with Gasteiger partial charge in [-0.2, -0.15) is 26.3 Å². The zero-order valence-electron chi connectivity index (χ0n) is 16.7. The lowest BCUT2D eigenvalue weighted by molar-refractivity contribution is -0.146. The zero-order chi connectivity index (χ0) is 25.0. The molecule has 3 aromatic rings. The number of hydrogen-bond acceptors (Lipinski definition) is 4. The van der Waals surface area contributed by atoms with E-state index in [2.05, 4.69) is 4.74 Å². The molecule has 1 fully saturated rings. The van der Waals surface area contributed by atoms with Gasteiger partial charge in [-0.1, -0.05) is 6.07 Å². The van der Waals surface area contributed by atoms with Crippen molar-refractivity contribution in [3.05, 3.63) is 76.2 Å². The number of aliphatic hydroxyl groups excluding tert-OH is 1. The summed E-state index contributed by atoms with van der Waals surface area (Å²) in [4.78, 5) is 23.2. The number of halogens is 7. The Labute approximate surface area is 185 Å². The van der Waals surface area contributed by atoms with Gasteiger partial charge in [0.1, 0.15) is 18.2 Å². The fraction of sp³-hybridized carbons (Fsp3) is 0.182. The molecule has 1 aromatic heterocycles. The van der Waals surface area contributed by atoms with E-state index in [9.17, 15) is 45.4 Å². The largest absolute Gasteiger partial charge is 0.507 e. The second-order valence-electron chi connectivity index (χ2n) is 7.43. The van der Waals surface area contributed by atoms with Crippen molar-refractivity contribution in [2.75, 3.05) is 6.61 Å². The molecule has 5 nitrogen and oxygen atoms in total. The van der Waals surface area contributed by atoms with E-state index in [0.717, 1.165) is 22.9 Å². The molecule has 0 unspecified atom stereocenters. The summed E-state index contributed by atoms with van der Waals surface area (Å²) >= 11 is 0. The predicted molar refractivity (Wildman–Crippen MR) is 103 cm³/mol. The first-order chi connectivity index (χ1) is 15.8. The fourth-order valence-electron chi connectivity index (χ4n) is 3.66. The first-order valence-corrected chi connectivity index (χ1v) is 9.47. The van der Waals surface area contributed by atoms with Crippen LogP contribution in [-0.4, -0.2) is 28.0 Å². The summed E-state index contributed by atoms with van der Waals surface area (Å²) in [6.07, 6.45) is -8.98. The number of ketones is 1. The molecule has 1 saturated heterocycles. The number of carbonyl (C=O) groups is 2. The molecule has 0 radical (unpaired) electrons. The van der Waals surface area contributed by atoms with E-state index in [4.69, 9.17) is 0 Å². The topological polar surface area (TPSA) is 68.5 Å². The van der Waals surface area contributed by atoms with Gasteiger partial charge in [-0.3, -0.25) is 4.79 Å². The molecule has 0 amide bonds. The van der Waals surface area contributed by atoms with Crippen molar-refractivity contribution >= 4 is 28.4 Å². The Kier molecular flexibility index (Phi) is 5.41. The Morgan fingerprint density at radius 3 is 2.29 bits per heavy atom. The molecule has 12 heteroatoms. The number of alkyl halides is 6. The Morgan fingerprint density at radius 2 is 1.71 bits per heavy atom. The minimum Gasteiger partial charge on any atom is -0.507 e. The molecule has 4 rings (SSSR count). The van der Waals surface area contributed by atoms with E-state index in [1.54, 1.807) is 0 Å². The normalized spacial score (nSPS) is 16.3. The Morgan fingerprint density at radius 1 is 1.00 bits per heavy atom. The molecule has 1 N–H and O–H groups in total. The summed E-state index contributed by atoms with van der Waals surface area (Å²) in [6.45, 7) is -1.15. The third-order valence-corrected chi connectivity index (χ3v) is 5.27. The number of carbonyl (C=O) groups excluding carboxylic acids is 2. The average Bonchev–Trinajstić information content (AvgIpc) is 3.26. The number of ether oxygens (including phenoxy) is 1. The molecule has 2 aromatic carbocycles. The summed E-state index contributed by atoms with van der Waals surface area (Å²) in [6, 6.07) is 4.35. The maximum atomic E-state index is 13.9. The number of hydrogen-bond donors (Lipinski definition) is 1. The van der Waals surface area contributed by atoms with Crippen LogP contribution in [0.2, 0.25) is 0 Å². The minimum absolute atomic E-state index is 0.00119. The monoisotopic (exact) mass is 487 g/mol. The van der Waals surface area contributed by atoms with Crippen molar-refractivity contribution in [3.8, 4) is 0 Å². The molecule has 0 atom stereocenters. The number of esters is 1. The zero-order valence-corrected chi connectivity index (χ0v) is 16.7. The van der Waals surface area contributed by atoms with Crippen molar-refractivity contribution in [1.29, 1.82) is 0 Å². The number of aromatic nitrogens is 1. The van der Waals surface area contributed by atoms with E-state index in [-0.39, 0.29) is 22.5 Å². The van der Waals surface area contributed by atoms with Crippen molar-refractivity contribution in [2.45, 2.75) is 18.9 Å². The van der Waals surface area contributed by atoms with Crippen LogP contribution >= 0.6 is 0 Å². The van der Waals surface area contributed by atoms with Crippen LogP contribution in [0.5, 0.6) is 0 Å². The lowest BCUT2D eigenvalue weighted by Gasteiger charge is -2.17. The van der Waals surface area contributed by atoms with Gasteiger partial charge in [-0.15, -0.1) is 0 Å². The number of aliphatic hydroxyl groups is 1. The maximum Gasteiger partial charge on any atom is 0.416 e. The van der Waals surface area contributed by atoms with Gasteiger partial charge in [0.25, 0.3) is 5.78 Å². The molecule has 0 aliphatic carbocycles. The summed E-state index contributed by atoms with van der Waals surface area (Å²) in [5, 5.41) is 10.6. The van der Waals surface area contributed by atoms with Gasteiger partial charge in [-0.05, 0) is 35.9 Å². The van der Waals surface area contributed by atoms with E-state index >= 15 is 0 Å². The summed E-state index contributed by atoms with van der Waals surface area (Å²) in [5.41, 5.74) is -3.98. The van der Waals surface area contributed by atoms with Crippen molar-refractivity contribution in [1.82, 2.24) is 4.57 Å². The van der Waals surface area contributed by atoms with Crippen LogP contribution in [0.15, 0.2) is 48.2 Å². The SMILES string of the molecule is O=C1OC/C(=C(/O)c2cn(Cc3ccc(C(F)(F)F)cc3C(F)(F)F)c3ccc(F)cc23)C1=O. The Bertz CT molecular complexity index is 1370. The third kappa shape index (κ3) is 4.11. The van der Waals surface area contributed by atoms with Gasteiger partial charge in [0.15, 0.2) is 0 Å². The second-order valence-corrected chi connectivity index (χ2v) is 7.43. The van der Waals surface area contributed by atoms with Crippen LogP contribution in [0, 0.1) is 5.82 Å². The molecule has 178 valence electrons. The van der Waals surface area contributed by atoms with Gasteiger partial charge in [0.2, 0.25) is 0 Å². The number of fused-ring (bicyclic) bond motifs is 1. The summed E-state index contributed by atoms with van der Waals surface area (Å²) in [7, 11) is 0. The highest BCUT2D eigenvalue weighted by atomic mass is 19.4. The lowest BCUT2D eigenvalue weighted by atomic mass is 10.0. The van der Waals surface area contributed by atoms with Crippen molar-refractivity contribution in [2.24, 2.45) is 0 Å². The summed E-state index contributed by atoms with van der Waals surface area (Å²) < 4.78 is 99.1. The van der Waals surface area contributed by atoms with Crippen LogP contribution < -0.4 is 0 Å². The van der Waals surface area contributed by atoms with Crippen molar-refractivity contribution in [3.63, 3.8) is 0 Å². The molecule has 2 heterocycles. The van der Waals surface area contributed by atoms with Gasteiger partial charge >= 0.3 is 18.3 Å². The highest BCUT2D eigenvalue weighted by Crippen LogP contribution is 2.38. The van der Waals surface area contributed by atoms with Crippen LogP contribution in [0.25, 0.3) is 16.7 Å². The average molecular weight is 487 g/mol. The quantitative estimate of drug-likeness (QED) is 0.180. The minimum atomic E-state index is -5.10. The van der Waals surface area contributed by atoms with E-state index in [1.807, 2.05) is 0 Å². The standard InChI is InChI=1S/C22H12F7NO4/c23-12-3-4-17-13(6-12)14(18(31)15-9-34-20(33)19(15)32)8-30(17)7-10-1-2-11(21(24,25)26)5-16(10)22(27,28)29/h1-6,8,31H,7,9H2/b18-15-. The molecular weight excluding hydrogens is 475 g/mol. The van der Waals surface area contributed by atoms with Crippen LogP contribution in [-0.2, 0) is 33.2 Å². The number of rotatable bonds is 3. The molecule has 0 spiro atoms. The first kappa shape index (κ1) is 23.3. The number of benzene rings is 2. The van der Waals surface area contributed by atoms with E-state index in [1.165, 1.54) is 6.07 Å². The van der Waals surface area contributed by atoms with Crippen LogP contribution in [0.4, 0.5) is 30.7 Å². The van der Waals surface area contributed by atoms with Crippen molar-refractivity contribution < 1.29 is 50.2 Å². The molecule has 0 bridgehead atoms. The molecule has 1 aliphatic heterocycles. The first-order valence-electron chi connectivity index (χ1n) is 9.47. The van der Waals surface area contributed by atoms with Gasteiger partial charge in [0, 0.05) is 29.2 Å². The number of cyclic esters (lactones) is 1. The smallest absolute Gasteiger partial charge is 0.416 e. The van der Waals surface area contributed by atoms with Gasteiger partial charge in [0.05, 0.1) is 16.7 Å². The highest BCUT2D eigenvalue weighted by Gasteiger charge is 2.38. The van der Waals surface area contributed by atoms with E-state index < -0.39 is 71.1 Å². The fourth-order valence-corrected chi connectivity index (χ4v) is 3.66. The predicted octanol–water partition coefficient (Wildman–Crippen LogP) is 5.26. The Hall–Kier alpha value is -3.83. The molecule has 34 heavy (non-hydrogen) atoms. The second kappa shape index (κ2) is 7.89.